The third-order valence-corrected chi connectivity index (χ3v) is 2.40. The van der Waals surface area contributed by atoms with E-state index in [1.807, 2.05) is 0 Å². The largest absolute Gasteiger partial charge is 0.338 e. The molecule has 0 aliphatic carbocycles. The molecule has 0 unspecified atom stereocenters. The number of halogens is 1. The maximum atomic E-state index is 12.9. The molecule has 0 spiro atoms. The summed E-state index contributed by atoms with van der Waals surface area (Å²) >= 11 is 0. The van der Waals surface area contributed by atoms with Crippen LogP contribution in [0.1, 0.15) is 31.7 Å². The molecular weight excluding hydrogens is 231 g/mol. The molecule has 1 aromatic rings. The van der Waals surface area contributed by atoms with Gasteiger partial charge in [-0.1, -0.05) is 31.9 Å². The average Bonchev–Trinajstić information content (AvgIpc) is 2.35. The highest BCUT2D eigenvalue weighted by Gasteiger charge is 1.95. The number of rotatable bonds is 6. The first-order valence-corrected chi connectivity index (χ1v) is 6.19. The molecule has 0 saturated heterocycles. The number of nitrogens with one attached hydrogen (secondary N) is 2. The van der Waals surface area contributed by atoms with E-state index in [9.17, 15) is 9.18 Å². The third-order valence-electron chi connectivity index (χ3n) is 2.40. The molecule has 0 radical (unpaired) electrons. The molecule has 18 heavy (non-hydrogen) atoms. The molecule has 0 fully saturated rings. The van der Waals surface area contributed by atoms with E-state index in [-0.39, 0.29) is 11.8 Å². The molecule has 0 saturated carbocycles. The Balaban J connectivity index is 2.25. The quantitative estimate of drug-likeness (QED) is 0.747. The van der Waals surface area contributed by atoms with Gasteiger partial charge in [0.05, 0.1) is 0 Å². The van der Waals surface area contributed by atoms with Crippen LogP contribution in [0.25, 0.3) is 6.08 Å². The zero-order valence-electron chi connectivity index (χ0n) is 10.6. The molecule has 2 amide bonds. The van der Waals surface area contributed by atoms with E-state index in [2.05, 4.69) is 17.6 Å². The second-order valence-corrected chi connectivity index (χ2v) is 4.00. The van der Waals surface area contributed by atoms with Crippen LogP contribution in [0.2, 0.25) is 0 Å². The molecule has 1 rings (SSSR count). The zero-order valence-corrected chi connectivity index (χ0v) is 10.6. The van der Waals surface area contributed by atoms with E-state index in [0.717, 1.165) is 19.3 Å². The van der Waals surface area contributed by atoms with Crippen molar-refractivity contribution in [2.24, 2.45) is 0 Å². The zero-order chi connectivity index (χ0) is 13.2. The topological polar surface area (TPSA) is 41.1 Å². The lowest BCUT2D eigenvalue weighted by Gasteiger charge is -2.03. The van der Waals surface area contributed by atoms with Gasteiger partial charge >= 0.3 is 6.03 Å². The Hall–Kier alpha value is -1.84. The van der Waals surface area contributed by atoms with Crippen molar-refractivity contribution in [3.05, 3.63) is 41.8 Å². The fraction of sp³-hybridized carbons (Fsp3) is 0.357. The molecule has 1 aromatic carbocycles. The highest BCUT2D eigenvalue weighted by molar-refractivity contribution is 5.75. The van der Waals surface area contributed by atoms with Gasteiger partial charge in [-0.05, 0) is 30.2 Å². The van der Waals surface area contributed by atoms with Crippen molar-refractivity contribution in [1.82, 2.24) is 10.6 Å². The van der Waals surface area contributed by atoms with Crippen molar-refractivity contribution < 1.29 is 9.18 Å². The van der Waals surface area contributed by atoms with E-state index < -0.39 is 0 Å². The lowest BCUT2D eigenvalue weighted by Crippen LogP contribution is -2.32. The lowest BCUT2D eigenvalue weighted by molar-refractivity contribution is 0.244. The second-order valence-electron chi connectivity index (χ2n) is 4.00. The van der Waals surface area contributed by atoms with Crippen LogP contribution in [-0.2, 0) is 0 Å². The molecule has 4 heteroatoms. The minimum Gasteiger partial charge on any atom is -0.338 e. The summed E-state index contributed by atoms with van der Waals surface area (Å²) in [5, 5.41) is 5.31. The first kappa shape index (κ1) is 14.2. The first-order chi connectivity index (χ1) is 8.72. The Kier molecular flexibility index (Phi) is 6.54. The maximum Gasteiger partial charge on any atom is 0.318 e. The maximum absolute atomic E-state index is 12.9. The fourth-order valence-electron chi connectivity index (χ4n) is 1.45. The minimum atomic E-state index is -0.291. The van der Waals surface area contributed by atoms with Crippen LogP contribution in [0.5, 0.6) is 0 Å². The highest BCUT2D eigenvalue weighted by Crippen LogP contribution is 2.04. The van der Waals surface area contributed by atoms with Gasteiger partial charge in [0.25, 0.3) is 0 Å². The number of hydrogen-bond donors (Lipinski definition) is 2. The molecule has 0 bridgehead atoms. The van der Waals surface area contributed by atoms with E-state index in [1.54, 1.807) is 18.2 Å². The van der Waals surface area contributed by atoms with E-state index >= 15 is 0 Å². The standard InChI is InChI=1S/C14H19FN2O/c1-2-3-4-9-16-14(18)17-10-8-12-6-5-7-13(15)11-12/h5-8,10-11H,2-4,9H2,1H3,(H2,16,17,18)/b10-8+. The summed E-state index contributed by atoms with van der Waals surface area (Å²) in [6.45, 7) is 2.79. The Morgan fingerprint density at radius 3 is 2.94 bits per heavy atom. The number of carbonyl (C=O) groups excluding carboxylic acids is 1. The van der Waals surface area contributed by atoms with Crippen LogP contribution in [-0.4, -0.2) is 12.6 Å². The molecule has 98 valence electrons. The number of urea groups is 1. The Morgan fingerprint density at radius 1 is 1.39 bits per heavy atom. The number of amides is 2. The fourth-order valence-corrected chi connectivity index (χ4v) is 1.45. The van der Waals surface area contributed by atoms with E-state index in [1.165, 1.54) is 18.3 Å². The van der Waals surface area contributed by atoms with Crippen LogP contribution in [0.4, 0.5) is 9.18 Å². The predicted molar refractivity (Wildman–Crippen MR) is 71.5 cm³/mol. The molecule has 0 heterocycles. The van der Waals surface area contributed by atoms with Crippen molar-refractivity contribution in [2.75, 3.05) is 6.54 Å². The average molecular weight is 250 g/mol. The normalized spacial score (nSPS) is 10.6. The summed E-state index contributed by atoms with van der Waals surface area (Å²) < 4.78 is 12.9. The summed E-state index contributed by atoms with van der Waals surface area (Å²) in [6, 6.07) is 5.93. The second kappa shape index (κ2) is 8.28. The van der Waals surface area contributed by atoms with Gasteiger partial charge in [0.1, 0.15) is 5.82 Å². The van der Waals surface area contributed by atoms with Crippen molar-refractivity contribution >= 4 is 12.1 Å². The summed E-state index contributed by atoms with van der Waals surface area (Å²) in [4.78, 5) is 11.3. The Labute approximate surface area is 107 Å². The molecule has 0 aliphatic heterocycles. The summed E-state index contributed by atoms with van der Waals surface area (Å²) in [7, 11) is 0. The Bertz CT molecular complexity index is 405. The smallest absolute Gasteiger partial charge is 0.318 e. The highest BCUT2D eigenvalue weighted by atomic mass is 19.1. The molecule has 2 N–H and O–H groups in total. The number of unbranched alkanes of at least 4 members (excludes halogenated alkanes) is 2. The van der Waals surface area contributed by atoms with Gasteiger partial charge in [-0.2, -0.15) is 0 Å². The summed E-state index contributed by atoms with van der Waals surface area (Å²) in [6.07, 6.45) is 6.37. The van der Waals surface area contributed by atoms with Gasteiger partial charge in [-0.3, -0.25) is 0 Å². The predicted octanol–water partition coefficient (Wildman–Crippen LogP) is 3.29. The van der Waals surface area contributed by atoms with Gasteiger partial charge in [0.15, 0.2) is 0 Å². The number of benzene rings is 1. The molecule has 0 aliphatic rings. The van der Waals surface area contributed by atoms with Crippen LogP contribution in [0.15, 0.2) is 30.5 Å². The van der Waals surface area contributed by atoms with Gasteiger partial charge in [-0.15, -0.1) is 0 Å². The van der Waals surface area contributed by atoms with Crippen LogP contribution >= 0.6 is 0 Å². The molecule has 3 nitrogen and oxygen atoms in total. The number of carbonyl (C=O) groups is 1. The summed E-state index contributed by atoms with van der Waals surface area (Å²) in [5.41, 5.74) is 0.710. The summed E-state index contributed by atoms with van der Waals surface area (Å²) in [5.74, 6) is -0.291. The van der Waals surface area contributed by atoms with Crippen LogP contribution < -0.4 is 10.6 Å². The SMILES string of the molecule is CCCCCNC(=O)N/C=C/c1cccc(F)c1. The van der Waals surface area contributed by atoms with E-state index in [4.69, 9.17) is 0 Å². The monoisotopic (exact) mass is 250 g/mol. The van der Waals surface area contributed by atoms with Crippen molar-refractivity contribution in [2.45, 2.75) is 26.2 Å². The first-order valence-electron chi connectivity index (χ1n) is 6.19. The van der Waals surface area contributed by atoms with Gasteiger partial charge < -0.3 is 10.6 Å². The third kappa shape index (κ3) is 6.03. The molecule has 0 atom stereocenters. The van der Waals surface area contributed by atoms with Gasteiger partial charge in [-0.25, -0.2) is 9.18 Å². The van der Waals surface area contributed by atoms with Crippen LogP contribution in [0.3, 0.4) is 0 Å². The van der Waals surface area contributed by atoms with Gasteiger partial charge in [0, 0.05) is 12.7 Å². The number of hydrogen-bond acceptors (Lipinski definition) is 1. The molecular formula is C14H19FN2O. The van der Waals surface area contributed by atoms with Crippen LogP contribution in [0, 0.1) is 5.82 Å². The van der Waals surface area contributed by atoms with E-state index in [0.29, 0.717) is 12.1 Å². The van der Waals surface area contributed by atoms with Crippen molar-refractivity contribution in [3.8, 4) is 0 Å². The Morgan fingerprint density at radius 2 is 2.22 bits per heavy atom. The van der Waals surface area contributed by atoms with Crippen molar-refractivity contribution in [1.29, 1.82) is 0 Å². The lowest BCUT2D eigenvalue weighted by atomic mass is 10.2. The van der Waals surface area contributed by atoms with Crippen molar-refractivity contribution in [3.63, 3.8) is 0 Å². The minimum absolute atomic E-state index is 0.237. The molecule has 0 aromatic heterocycles. The van der Waals surface area contributed by atoms with Gasteiger partial charge in [0.2, 0.25) is 0 Å².